The van der Waals surface area contributed by atoms with E-state index in [1.807, 2.05) is 6.92 Å². The molecule has 2 amide bonds. The summed E-state index contributed by atoms with van der Waals surface area (Å²) in [4.78, 5) is 15.9. The smallest absolute Gasteiger partial charge is 0.315 e. The molecule has 5 heteroatoms. The maximum absolute atomic E-state index is 11.7. The zero-order valence-electron chi connectivity index (χ0n) is 11.1. The van der Waals surface area contributed by atoms with Gasteiger partial charge in [-0.25, -0.2) is 9.78 Å². The number of carbonyl (C=O) groups excluding carboxylic acids is 1. The van der Waals surface area contributed by atoms with Crippen LogP contribution in [0, 0.1) is 13.8 Å². The second-order valence-corrected chi connectivity index (χ2v) is 4.90. The van der Waals surface area contributed by atoms with Gasteiger partial charge in [0.05, 0.1) is 12.2 Å². The maximum atomic E-state index is 11.7. The Morgan fingerprint density at radius 1 is 1.33 bits per heavy atom. The summed E-state index contributed by atoms with van der Waals surface area (Å²) in [5.41, 5.74) is 0.838. The Labute approximate surface area is 107 Å². The summed E-state index contributed by atoms with van der Waals surface area (Å²) in [6, 6.07) is 0.215. The van der Waals surface area contributed by atoms with Crippen LogP contribution in [0.2, 0.25) is 0 Å². The number of carbonyl (C=O) groups is 1. The van der Waals surface area contributed by atoms with E-state index in [2.05, 4.69) is 15.6 Å². The molecule has 0 saturated heterocycles. The molecule has 1 aromatic heterocycles. The molecule has 1 heterocycles. The highest BCUT2D eigenvalue weighted by atomic mass is 16.4. The summed E-state index contributed by atoms with van der Waals surface area (Å²) >= 11 is 0. The minimum absolute atomic E-state index is 0.115. The first-order valence-corrected chi connectivity index (χ1v) is 6.62. The molecule has 1 aliphatic carbocycles. The van der Waals surface area contributed by atoms with Crippen molar-refractivity contribution in [1.82, 2.24) is 15.6 Å². The van der Waals surface area contributed by atoms with Crippen LogP contribution in [0.3, 0.4) is 0 Å². The van der Waals surface area contributed by atoms with E-state index in [-0.39, 0.29) is 6.03 Å². The van der Waals surface area contributed by atoms with Gasteiger partial charge >= 0.3 is 6.03 Å². The zero-order valence-corrected chi connectivity index (χ0v) is 11.1. The van der Waals surface area contributed by atoms with Crippen LogP contribution in [-0.2, 0) is 6.54 Å². The molecule has 2 N–H and O–H groups in total. The molecule has 0 spiro atoms. The molecule has 100 valence electrons. The van der Waals surface area contributed by atoms with Crippen LogP contribution in [0.4, 0.5) is 4.79 Å². The van der Waals surface area contributed by atoms with E-state index in [4.69, 9.17) is 4.42 Å². The number of hydrogen-bond donors (Lipinski definition) is 2. The predicted molar refractivity (Wildman–Crippen MR) is 68.2 cm³/mol. The van der Waals surface area contributed by atoms with Crippen molar-refractivity contribution in [2.75, 3.05) is 0 Å². The molecule has 1 aliphatic rings. The van der Waals surface area contributed by atoms with E-state index in [9.17, 15) is 4.79 Å². The molecule has 0 bridgehead atoms. The average molecular weight is 251 g/mol. The lowest BCUT2D eigenvalue weighted by molar-refractivity contribution is 0.231. The number of urea groups is 1. The van der Waals surface area contributed by atoms with E-state index >= 15 is 0 Å². The van der Waals surface area contributed by atoms with Crippen molar-refractivity contribution in [2.24, 2.45) is 0 Å². The molecule has 18 heavy (non-hydrogen) atoms. The van der Waals surface area contributed by atoms with E-state index in [0.29, 0.717) is 18.5 Å². The van der Waals surface area contributed by atoms with E-state index in [0.717, 1.165) is 24.3 Å². The van der Waals surface area contributed by atoms with Gasteiger partial charge in [-0.2, -0.15) is 0 Å². The zero-order chi connectivity index (χ0) is 13.0. The lowest BCUT2D eigenvalue weighted by Gasteiger charge is -2.22. The molecular weight excluding hydrogens is 230 g/mol. The predicted octanol–water partition coefficient (Wildman–Crippen LogP) is 2.42. The highest BCUT2D eigenvalue weighted by molar-refractivity contribution is 5.74. The first kappa shape index (κ1) is 12.9. The van der Waals surface area contributed by atoms with Gasteiger partial charge in [-0.05, 0) is 19.8 Å². The number of aromatic nitrogens is 1. The summed E-state index contributed by atoms with van der Waals surface area (Å²) in [6.07, 6.45) is 5.90. The third-order valence-corrected chi connectivity index (χ3v) is 3.35. The topological polar surface area (TPSA) is 67.2 Å². The van der Waals surface area contributed by atoms with E-state index in [1.165, 1.54) is 19.3 Å². The van der Waals surface area contributed by atoms with Gasteiger partial charge in [0.1, 0.15) is 5.76 Å². The molecule has 5 nitrogen and oxygen atoms in total. The summed E-state index contributed by atoms with van der Waals surface area (Å²) < 4.78 is 5.40. The second-order valence-electron chi connectivity index (χ2n) is 4.90. The Kier molecular flexibility index (Phi) is 4.23. The van der Waals surface area contributed by atoms with Crippen molar-refractivity contribution in [1.29, 1.82) is 0 Å². The Hall–Kier alpha value is -1.52. The van der Waals surface area contributed by atoms with Crippen molar-refractivity contribution in [3.05, 3.63) is 17.3 Å². The first-order chi connectivity index (χ1) is 8.65. The normalized spacial score (nSPS) is 16.6. The van der Waals surface area contributed by atoms with Crippen LogP contribution in [0.1, 0.15) is 49.4 Å². The van der Waals surface area contributed by atoms with Crippen LogP contribution in [0.5, 0.6) is 0 Å². The van der Waals surface area contributed by atoms with Crippen molar-refractivity contribution < 1.29 is 9.21 Å². The number of nitrogens with one attached hydrogen (secondary N) is 2. The standard InChI is InChI=1S/C13H21N3O2/c1-9-12(18-10(2)15-9)8-14-13(17)16-11-6-4-3-5-7-11/h11H,3-8H2,1-2H3,(H2,14,16,17). The molecule has 0 radical (unpaired) electrons. The van der Waals surface area contributed by atoms with Crippen molar-refractivity contribution >= 4 is 6.03 Å². The van der Waals surface area contributed by atoms with Gasteiger partial charge in [0.2, 0.25) is 0 Å². The molecule has 1 fully saturated rings. The van der Waals surface area contributed by atoms with Gasteiger partial charge in [-0.3, -0.25) is 0 Å². The Balaban J connectivity index is 1.75. The lowest BCUT2D eigenvalue weighted by atomic mass is 9.96. The molecule has 0 atom stereocenters. The molecular formula is C13H21N3O2. The summed E-state index contributed by atoms with van der Waals surface area (Å²) in [7, 11) is 0. The quantitative estimate of drug-likeness (QED) is 0.867. The van der Waals surface area contributed by atoms with Crippen LogP contribution < -0.4 is 10.6 Å². The van der Waals surface area contributed by atoms with Gasteiger partial charge in [0.15, 0.2) is 5.89 Å². The summed E-state index contributed by atoms with van der Waals surface area (Å²) in [5.74, 6) is 1.36. The van der Waals surface area contributed by atoms with E-state index in [1.54, 1.807) is 6.92 Å². The molecule has 0 aliphatic heterocycles. The SMILES string of the molecule is Cc1nc(C)c(CNC(=O)NC2CCCCC2)o1. The van der Waals surface area contributed by atoms with Gasteiger partial charge in [-0.1, -0.05) is 19.3 Å². The van der Waals surface area contributed by atoms with Crippen LogP contribution in [-0.4, -0.2) is 17.1 Å². The maximum Gasteiger partial charge on any atom is 0.315 e. The van der Waals surface area contributed by atoms with Crippen molar-refractivity contribution in [2.45, 2.75) is 58.5 Å². The number of hydrogen-bond acceptors (Lipinski definition) is 3. The van der Waals surface area contributed by atoms with Crippen LogP contribution in [0.15, 0.2) is 4.42 Å². The first-order valence-electron chi connectivity index (χ1n) is 6.62. The van der Waals surface area contributed by atoms with Crippen molar-refractivity contribution in [3.63, 3.8) is 0 Å². The Morgan fingerprint density at radius 2 is 2.06 bits per heavy atom. The number of oxazole rings is 1. The number of amides is 2. The Bertz CT molecular complexity index is 408. The van der Waals surface area contributed by atoms with Crippen LogP contribution >= 0.6 is 0 Å². The highest BCUT2D eigenvalue weighted by Crippen LogP contribution is 2.17. The van der Waals surface area contributed by atoms with Gasteiger partial charge in [0, 0.05) is 13.0 Å². The summed E-state index contributed by atoms with van der Waals surface area (Å²) in [5, 5.41) is 5.82. The second kappa shape index (κ2) is 5.89. The third kappa shape index (κ3) is 3.48. The monoisotopic (exact) mass is 251 g/mol. The fraction of sp³-hybridized carbons (Fsp3) is 0.692. The minimum atomic E-state index is -0.115. The number of nitrogens with zero attached hydrogens (tertiary/aromatic N) is 1. The fourth-order valence-electron chi connectivity index (χ4n) is 2.38. The van der Waals surface area contributed by atoms with E-state index < -0.39 is 0 Å². The highest BCUT2D eigenvalue weighted by Gasteiger charge is 2.16. The third-order valence-electron chi connectivity index (χ3n) is 3.35. The summed E-state index contributed by atoms with van der Waals surface area (Å²) in [6.45, 7) is 4.08. The van der Waals surface area contributed by atoms with Crippen LogP contribution in [0.25, 0.3) is 0 Å². The fourth-order valence-corrected chi connectivity index (χ4v) is 2.38. The van der Waals surface area contributed by atoms with Crippen molar-refractivity contribution in [3.8, 4) is 0 Å². The average Bonchev–Trinajstić information content (AvgIpc) is 2.66. The molecule has 1 saturated carbocycles. The van der Waals surface area contributed by atoms with Gasteiger partial charge < -0.3 is 15.1 Å². The van der Waals surface area contributed by atoms with Gasteiger partial charge in [-0.15, -0.1) is 0 Å². The number of rotatable bonds is 3. The molecule has 2 rings (SSSR count). The molecule has 0 unspecified atom stereocenters. The minimum Gasteiger partial charge on any atom is -0.444 e. The molecule has 0 aromatic carbocycles. The lowest BCUT2D eigenvalue weighted by Crippen LogP contribution is -2.42. The Morgan fingerprint density at radius 3 is 2.67 bits per heavy atom. The number of aryl methyl sites for hydroxylation is 2. The largest absolute Gasteiger partial charge is 0.444 e. The molecule has 1 aromatic rings. The van der Waals surface area contributed by atoms with Gasteiger partial charge in [0.25, 0.3) is 0 Å².